The smallest absolute Gasteiger partial charge is 0.254 e. The Bertz CT molecular complexity index is 631. The number of hydrogen-bond donors (Lipinski definition) is 1. The molecule has 18 heavy (non-hydrogen) atoms. The second-order valence-corrected chi connectivity index (χ2v) is 5.54. The van der Waals surface area contributed by atoms with Crippen molar-refractivity contribution in [3.63, 3.8) is 0 Å². The maximum absolute atomic E-state index is 12.0. The minimum absolute atomic E-state index is 0.0891. The number of aromatic amines is 1. The van der Waals surface area contributed by atoms with Gasteiger partial charge in [-0.3, -0.25) is 9.48 Å². The molecule has 5 nitrogen and oxygen atoms in total. The first kappa shape index (κ1) is 12.5. The van der Waals surface area contributed by atoms with E-state index in [2.05, 4.69) is 15.1 Å². The molecule has 0 aliphatic rings. The summed E-state index contributed by atoms with van der Waals surface area (Å²) in [7, 11) is 1.84. The van der Waals surface area contributed by atoms with Crippen molar-refractivity contribution in [3.05, 3.63) is 34.1 Å². The molecule has 0 spiro atoms. The Morgan fingerprint density at radius 3 is 2.50 bits per heavy atom. The molecule has 0 aromatic carbocycles. The van der Waals surface area contributed by atoms with E-state index in [9.17, 15) is 4.79 Å². The van der Waals surface area contributed by atoms with Crippen LogP contribution in [0.2, 0.25) is 0 Å². The molecule has 0 radical (unpaired) electrons. The van der Waals surface area contributed by atoms with Gasteiger partial charge in [-0.1, -0.05) is 20.8 Å². The molecule has 2 heterocycles. The van der Waals surface area contributed by atoms with Gasteiger partial charge in [0.25, 0.3) is 5.56 Å². The zero-order valence-corrected chi connectivity index (χ0v) is 11.4. The molecule has 0 aliphatic carbocycles. The predicted molar refractivity (Wildman–Crippen MR) is 70.5 cm³/mol. The van der Waals surface area contributed by atoms with Gasteiger partial charge >= 0.3 is 0 Å². The lowest BCUT2D eigenvalue weighted by atomic mass is 9.95. The molecule has 0 fully saturated rings. The maximum Gasteiger partial charge on any atom is 0.254 e. The van der Waals surface area contributed by atoms with Crippen molar-refractivity contribution >= 4 is 0 Å². The van der Waals surface area contributed by atoms with Crippen LogP contribution in [0.25, 0.3) is 11.3 Å². The second-order valence-electron chi connectivity index (χ2n) is 5.54. The molecule has 0 bridgehead atoms. The number of rotatable bonds is 1. The van der Waals surface area contributed by atoms with E-state index in [1.54, 1.807) is 17.8 Å². The van der Waals surface area contributed by atoms with Gasteiger partial charge in [0.15, 0.2) is 0 Å². The summed E-state index contributed by atoms with van der Waals surface area (Å²) in [4.78, 5) is 19.4. The van der Waals surface area contributed by atoms with E-state index in [0.29, 0.717) is 17.1 Å². The van der Waals surface area contributed by atoms with Crippen molar-refractivity contribution in [3.8, 4) is 11.3 Å². The Morgan fingerprint density at radius 2 is 2.00 bits per heavy atom. The van der Waals surface area contributed by atoms with Crippen molar-refractivity contribution in [1.29, 1.82) is 0 Å². The van der Waals surface area contributed by atoms with Gasteiger partial charge < -0.3 is 4.98 Å². The molecule has 2 rings (SSSR count). The minimum Gasteiger partial charge on any atom is -0.310 e. The molecule has 0 amide bonds. The molecule has 5 heteroatoms. The fraction of sp³-hybridized carbons (Fsp3) is 0.462. The van der Waals surface area contributed by atoms with Gasteiger partial charge in [0.2, 0.25) is 0 Å². The normalized spacial score (nSPS) is 11.8. The maximum atomic E-state index is 12.0. The average Bonchev–Trinajstić information content (AvgIpc) is 2.67. The molecule has 96 valence electrons. The van der Waals surface area contributed by atoms with E-state index in [-0.39, 0.29) is 11.0 Å². The second kappa shape index (κ2) is 4.08. The third-order valence-corrected chi connectivity index (χ3v) is 2.84. The highest BCUT2D eigenvalue weighted by Crippen LogP contribution is 2.22. The van der Waals surface area contributed by atoms with Crippen molar-refractivity contribution < 1.29 is 0 Å². The summed E-state index contributed by atoms with van der Waals surface area (Å²) in [6.07, 6.45) is 3.59. The van der Waals surface area contributed by atoms with Crippen LogP contribution in [0.15, 0.2) is 17.2 Å². The molecule has 0 unspecified atom stereocenters. The number of H-pyrrole nitrogens is 1. The Kier molecular flexibility index (Phi) is 2.84. The number of hydrogen-bond acceptors (Lipinski definition) is 3. The monoisotopic (exact) mass is 246 g/mol. The van der Waals surface area contributed by atoms with Gasteiger partial charge in [-0.2, -0.15) is 5.10 Å². The highest BCUT2D eigenvalue weighted by Gasteiger charge is 2.20. The van der Waals surface area contributed by atoms with Crippen LogP contribution in [0.1, 0.15) is 32.2 Å². The summed E-state index contributed by atoms with van der Waals surface area (Å²) in [6, 6.07) is 0. The Morgan fingerprint density at radius 1 is 1.33 bits per heavy atom. The van der Waals surface area contributed by atoms with E-state index in [1.807, 2.05) is 34.0 Å². The third-order valence-electron chi connectivity index (χ3n) is 2.84. The van der Waals surface area contributed by atoms with Crippen LogP contribution >= 0.6 is 0 Å². The van der Waals surface area contributed by atoms with E-state index >= 15 is 0 Å². The van der Waals surface area contributed by atoms with Crippen LogP contribution < -0.4 is 5.56 Å². The highest BCUT2D eigenvalue weighted by atomic mass is 16.1. The van der Waals surface area contributed by atoms with Gasteiger partial charge in [-0.25, -0.2) is 4.98 Å². The van der Waals surface area contributed by atoms with Gasteiger partial charge in [0, 0.05) is 29.8 Å². The molecule has 0 saturated carbocycles. The van der Waals surface area contributed by atoms with E-state index in [0.717, 1.165) is 5.56 Å². The van der Waals surface area contributed by atoms with Crippen molar-refractivity contribution in [2.45, 2.75) is 33.1 Å². The molecule has 1 N–H and O–H groups in total. The van der Waals surface area contributed by atoms with Crippen LogP contribution in [-0.2, 0) is 12.5 Å². The third kappa shape index (κ3) is 2.20. The first-order chi connectivity index (χ1) is 8.29. The topological polar surface area (TPSA) is 63.6 Å². The number of aryl methyl sites for hydroxylation is 1. The Labute approximate surface area is 106 Å². The summed E-state index contributed by atoms with van der Waals surface area (Å²) in [5, 5.41) is 4.12. The summed E-state index contributed by atoms with van der Waals surface area (Å²) >= 11 is 0. The molecule has 0 saturated heterocycles. The van der Waals surface area contributed by atoms with Crippen LogP contribution in [-0.4, -0.2) is 19.7 Å². The van der Waals surface area contributed by atoms with Gasteiger partial charge in [0.05, 0.1) is 11.9 Å². The van der Waals surface area contributed by atoms with Crippen molar-refractivity contribution in [1.82, 2.24) is 19.7 Å². The fourth-order valence-corrected chi connectivity index (χ4v) is 1.71. The van der Waals surface area contributed by atoms with Gasteiger partial charge in [-0.05, 0) is 6.92 Å². The lowest BCUT2D eigenvalue weighted by Crippen LogP contribution is -2.24. The lowest BCUT2D eigenvalue weighted by molar-refractivity contribution is 0.542. The quantitative estimate of drug-likeness (QED) is 0.834. The average molecular weight is 246 g/mol. The predicted octanol–water partition coefficient (Wildman–Crippen LogP) is 1.78. The summed E-state index contributed by atoms with van der Waals surface area (Å²) < 4.78 is 1.70. The van der Waals surface area contributed by atoms with E-state index in [1.165, 1.54) is 0 Å². The van der Waals surface area contributed by atoms with Crippen LogP contribution in [0.3, 0.4) is 0 Å². The SMILES string of the molecule is Cc1c(-c2cnn(C)c2)nc(C(C)(C)C)[nH]c1=O. The number of nitrogens with zero attached hydrogens (tertiary/aromatic N) is 3. The largest absolute Gasteiger partial charge is 0.310 e. The van der Waals surface area contributed by atoms with E-state index < -0.39 is 0 Å². The lowest BCUT2D eigenvalue weighted by Gasteiger charge is -2.18. The first-order valence-corrected chi connectivity index (χ1v) is 5.89. The Hall–Kier alpha value is -1.91. The zero-order valence-electron chi connectivity index (χ0n) is 11.4. The van der Waals surface area contributed by atoms with E-state index in [4.69, 9.17) is 0 Å². The number of nitrogens with one attached hydrogen (secondary N) is 1. The van der Waals surface area contributed by atoms with Crippen molar-refractivity contribution in [2.75, 3.05) is 0 Å². The van der Waals surface area contributed by atoms with Gasteiger partial charge in [-0.15, -0.1) is 0 Å². The van der Waals surface area contributed by atoms with Crippen molar-refractivity contribution in [2.24, 2.45) is 7.05 Å². The standard InChI is InChI=1S/C13H18N4O/c1-8-10(9-6-14-17(5)7-9)15-12(13(2,3)4)16-11(8)18/h6-7H,1-5H3,(H,15,16,18). The summed E-state index contributed by atoms with van der Waals surface area (Å²) in [5.74, 6) is 0.692. The van der Waals surface area contributed by atoms with Crippen LogP contribution in [0.4, 0.5) is 0 Å². The fourth-order valence-electron chi connectivity index (χ4n) is 1.71. The first-order valence-electron chi connectivity index (χ1n) is 5.89. The molecular weight excluding hydrogens is 228 g/mol. The van der Waals surface area contributed by atoms with Crippen LogP contribution in [0, 0.1) is 6.92 Å². The minimum atomic E-state index is -0.191. The molecular formula is C13H18N4O. The molecule has 2 aromatic heterocycles. The molecule has 0 atom stereocenters. The summed E-state index contributed by atoms with van der Waals surface area (Å²) in [6.45, 7) is 7.84. The zero-order chi connectivity index (χ0) is 13.5. The highest BCUT2D eigenvalue weighted by molar-refractivity contribution is 5.60. The molecule has 2 aromatic rings. The molecule has 0 aliphatic heterocycles. The van der Waals surface area contributed by atoms with Gasteiger partial charge in [0.1, 0.15) is 5.82 Å². The Balaban J connectivity index is 2.67. The summed E-state index contributed by atoms with van der Waals surface area (Å²) in [5.41, 5.74) is 1.91. The van der Waals surface area contributed by atoms with Crippen LogP contribution in [0.5, 0.6) is 0 Å². The number of aromatic nitrogens is 4.